The number of primary amides is 1. The summed E-state index contributed by atoms with van der Waals surface area (Å²) in [5.41, 5.74) is 5.39. The van der Waals surface area contributed by atoms with Crippen molar-refractivity contribution < 1.29 is 18.0 Å². The number of sulfone groups is 1. The number of carbonyl (C=O) groups is 2. The summed E-state index contributed by atoms with van der Waals surface area (Å²) < 4.78 is 24.1. The van der Waals surface area contributed by atoms with E-state index in [0.29, 0.717) is 5.00 Å². The standard InChI is InChI=1S/C14H14N2O4S2/c15-13(18)11-6-8-21-14(11)16-12(17)7-9-22(19,20)10-4-2-1-3-5-10/h1-6,8H,7,9H2,(H2,15,18)(H,16,17). The van der Waals surface area contributed by atoms with Crippen LogP contribution in [0.4, 0.5) is 5.00 Å². The third-order valence-electron chi connectivity index (χ3n) is 2.88. The summed E-state index contributed by atoms with van der Waals surface area (Å²) in [5.74, 6) is -1.43. The summed E-state index contributed by atoms with van der Waals surface area (Å²) in [5, 5.41) is 4.46. The number of nitrogens with one attached hydrogen (secondary N) is 1. The molecule has 0 saturated heterocycles. The minimum Gasteiger partial charge on any atom is -0.366 e. The topological polar surface area (TPSA) is 106 Å². The molecule has 3 N–H and O–H groups in total. The number of benzene rings is 1. The Balaban J connectivity index is 1.99. The Morgan fingerprint density at radius 1 is 1.14 bits per heavy atom. The Morgan fingerprint density at radius 2 is 1.82 bits per heavy atom. The van der Waals surface area contributed by atoms with Crippen LogP contribution >= 0.6 is 11.3 Å². The van der Waals surface area contributed by atoms with Gasteiger partial charge in [0.2, 0.25) is 5.91 Å². The van der Waals surface area contributed by atoms with E-state index in [2.05, 4.69) is 5.32 Å². The van der Waals surface area contributed by atoms with Gasteiger partial charge in [0, 0.05) is 6.42 Å². The second-order valence-electron chi connectivity index (χ2n) is 4.46. The highest BCUT2D eigenvalue weighted by atomic mass is 32.2. The van der Waals surface area contributed by atoms with Crippen molar-refractivity contribution in [2.24, 2.45) is 5.73 Å². The number of nitrogens with two attached hydrogens (primary N) is 1. The van der Waals surface area contributed by atoms with Crippen molar-refractivity contribution in [2.45, 2.75) is 11.3 Å². The molecule has 0 aliphatic heterocycles. The zero-order valence-electron chi connectivity index (χ0n) is 11.5. The van der Waals surface area contributed by atoms with Crippen LogP contribution in [0.5, 0.6) is 0 Å². The quantitative estimate of drug-likeness (QED) is 0.835. The van der Waals surface area contributed by atoms with Gasteiger partial charge in [0.15, 0.2) is 9.84 Å². The van der Waals surface area contributed by atoms with Gasteiger partial charge in [-0.25, -0.2) is 8.42 Å². The van der Waals surface area contributed by atoms with Crippen LogP contribution in [-0.4, -0.2) is 26.0 Å². The van der Waals surface area contributed by atoms with Crippen LogP contribution in [0.1, 0.15) is 16.8 Å². The number of hydrogen-bond donors (Lipinski definition) is 2. The number of thiophene rings is 1. The van der Waals surface area contributed by atoms with Crippen molar-refractivity contribution in [3.63, 3.8) is 0 Å². The molecule has 1 aromatic heterocycles. The van der Waals surface area contributed by atoms with E-state index in [4.69, 9.17) is 5.73 Å². The maximum atomic E-state index is 12.1. The molecule has 0 bridgehead atoms. The molecule has 0 unspecified atom stereocenters. The molecule has 1 heterocycles. The highest BCUT2D eigenvalue weighted by Gasteiger charge is 2.17. The van der Waals surface area contributed by atoms with Crippen molar-refractivity contribution in [2.75, 3.05) is 11.1 Å². The summed E-state index contributed by atoms with van der Waals surface area (Å²) in [4.78, 5) is 23.2. The summed E-state index contributed by atoms with van der Waals surface area (Å²) in [7, 11) is -3.51. The average molecular weight is 338 g/mol. The van der Waals surface area contributed by atoms with Gasteiger partial charge in [-0.15, -0.1) is 11.3 Å². The molecule has 0 atom stereocenters. The highest BCUT2D eigenvalue weighted by molar-refractivity contribution is 7.91. The minimum absolute atomic E-state index is 0.178. The van der Waals surface area contributed by atoms with Gasteiger partial charge in [0.25, 0.3) is 5.91 Å². The first-order valence-corrected chi connectivity index (χ1v) is 8.88. The van der Waals surface area contributed by atoms with Gasteiger partial charge in [-0.3, -0.25) is 9.59 Å². The third-order valence-corrected chi connectivity index (χ3v) is 5.45. The Kier molecular flexibility index (Phi) is 4.94. The van der Waals surface area contributed by atoms with E-state index in [1.807, 2.05) is 0 Å². The molecule has 0 aliphatic carbocycles. The molecule has 0 aliphatic rings. The highest BCUT2D eigenvalue weighted by Crippen LogP contribution is 2.23. The summed E-state index contributed by atoms with van der Waals surface area (Å²) in [6.45, 7) is 0. The van der Waals surface area contributed by atoms with Gasteiger partial charge in [-0.05, 0) is 23.6 Å². The predicted octanol–water partition coefficient (Wildman–Crippen LogP) is 1.65. The van der Waals surface area contributed by atoms with Crippen LogP contribution in [0.25, 0.3) is 0 Å². The molecule has 2 rings (SSSR count). The lowest BCUT2D eigenvalue weighted by Crippen LogP contribution is -2.19. The van der Waals surface area contributed by atoms with E-state index < -0.39 is 21.7 Å². The first kappa shape index (κ1) is 16.2. The van der Waals surface area contributed by atoms with Crippen LogP contribution in [0, 0.1) is 0 Å². The molecule has 0 radical (unpaired) electrons. The molecular formula is C14H14N2O4S2. The molecule has 0 spiro atoms. The van der Waals surface area contributed by atoms with Crippen LogP contribution in [-0.2, 0) is 14.6 Å². The van der Waals surface area contributed by atoms with Gasteiger partial charge < -0.3 is 11.1 Å². The molecule has 2 amide bonds. The van der Waals surface area contributed by atoms with E-state index >= 15 is 0 Å². The second kappa shape index (κ2) is 6.71. The van der Waals surface area contributed by atoms with Gasteiger partial charge in [-0.2, -0.15) is 0 Å². The first-order valence-electron chi connectivity index (χ1n) is 6.35. The fourth-order valence-electron chi connectivity index (χ4n) is 1.76. The van der Waals surface area contributed by atoms with Crippen LogP contribution in [0.3, 0.4) is 0 Å². The Morgan fingerprint density at radius 3 is 2.45 bits per heavy atom. The van der Waals surface area contributed by atoms with Crippen molar-refractivity contribution >= 4 is 38.0 Å². The number of carbonyl (C=O) groups excluding carboxylic acids is 2. The Bertz CT molecular complexity index is 782. The van der Waals surface area contributed by atoms with E-state index in [1.165, 1.54) is 18.2 Å². The Labute approximate surface area is 131 Å². The van der Waals surface area contributed by atoms with Crippen molar-refractivity contribution in [3.8, 4) is 0 Å². The van der Waals surface area contributed by atoms with Crippen LogP contribution in [0.2, 0.25) is 0 Å². The Hall–Kier alpha value is -2.19. The molecule has 1 aromatic carbocycles. The normalized spacial score (nSPS) is 11.1. The average Bonchev–Trinajstić information content (AvgIpc) is 2.94. The van der Waals surface area contributed by atoms with Crippen LogP contribution in [0.15, 0.2) is 46.7 Å². The zero-order chi connectivity index (χ0) is 16.2. The number of rotatable bonds is 6. The number of amides is 2. The second-order valence-corrected chi connectivity index (χ2v) is 7.48. The molecule has 0 fully saturated rings. The molecule has 6 nitrogen and oxygen atoms in total. The molecule has 22 heavy (non-hydrogen) atoms. The maximum absolute atomic E-state index is 12.1. The number of anilines is 1. The predicted molar refractivity (Wildman–Crippen MR) is 84.6 cm³/mol. The van der Waals surface area contributed by atoms with Gasteiger partial charge in [-0.1, -0.05) is 18.2 Å². The van der Waals surface area contributed by atoms with Gasteiger partial charge in [0.1, 0.15) is 5.00 Å². The fraction of sp³-hybridized carbons (Fsp3) is 0.143. The van der Waals surface area contributed by atoms with E-state index in [1.54, 1.807) is 23.6 Å². The lowest BCUT2D eigenvalue weighted by atomic mass is 10.3. The SMILES string of the molecule is NC(=O)c1ccsc1NC(=O)CCS(=O)(=O)c1ccccc1. The fourth-order valence-corrected chi connectivity index (χ4v) is 3.83. The van der Waals surface area contributed by atoms with Crippen molar-refractivity contribution in [1.29, 1.82) is 0 Å². The lowest BCUT2D eigenvalue weighted by molar-refractivity contribution is -0.115. The molecule has 116 valence electrons. The molecule has 2 aromatic rings. The summed E-state index contributed by atoms with van der Waals surface area (Å²) >= 11 is 1.15. The van der Waals surface area contributed by atoms with Gasteiger partial charge >= 0.3 is 0 Å². The molecule has 8 heteroatoms. The largest absolute Gasteiger partial charge is 0.366 e. The number of hydrogen-bond acceptors (Lipinski definition) is 5. The molecule has 0 saturated carbocycles. The van der Waals surface area contributed by atoms with Crippen molar-refractivity contribution in [3.05, 3.63) is 47.3 Å². The van der Waals surface area contributed by atoms with E-state index in [0.717, 1.165) is 11.3 Å². The monoisotopic (exact) mass is 338 g/mol. The first-order chi connectivity index (χ1) is 10.4. The lowest BCUT2D eigenvalue weighted by Gasteiger charge is -2.06. The van der Waals surface area contributed by atoms with Gasteiger partial charge in [0.05, 0.1) is 16.2 Å². The minimum atomic E-state index is -3.51. The van der Waals surface area contributed by atoms with E-state index in [-0.39, 0.29) is 22.6 Å². The molecular weight excluding hydrogens is 324 g/mol. The maximum Gasteiger partial charge on any atom is 0.251 e. The third kappa shape index (κ3) is 3.92. The summed E-state index contributed by atoms with van der Waals surface area (Å²) in [6.07, 6.45) is -0.201. The smallest absolute Gasteiger partial charge is 0.251 e. The zero-order valence-corrected chi connectivity index (χ0v) is 13.1. The van der Waals surface area contributed by atoms with Crippen LogP contribution < -0.4 is 11.1 Å². The van der Waals surface area contributed by atoms with Crippen molar-refractivity contribution in [1.82, 2.24) is 0 Å². The summed E-state index contributed by atoms with van der Waals surface area (Å²) in [6, 6.07) is 9.43. The van der Waals surface area contributed by atoms with E-state index in [9.17, 15) is 18.0 Å².